The zero-order valence-electron chi connectivity index (χ0n) is 13.8. The van der Waals surface area contributed by atoms with Gasteiger partial charge in [-0.25, -0.2) is 0 Å². The lowest BCUT2D eigenvalue weighted by atomic mass is 9.79. The summed E-state index contributed by atoms with van der Waals surface area (Å²) in [4.78, 5) is 12.9. The molecule has 1 fully saturated rings. The molecule has 126 valence electrons. The third kappa shape index (κ3) is 3.08. The first-order valence-electron chi connectivity index (χ1n) is 8.53. The van der Waals surface area contributed by atoms with E-state index in [1.165, 1.54) is 5.56 Å². The third-order valence-corrected chi connectivity index (χ3v) is 5.16. The average Bonchev–Trinajstić information content (AvgIpc) is 2.62. The largest absolute Gasteiger partial charge is 0.493 e. The molecule has 0 aromatic heterocycles. The van der Waals surface area contributed by atoms with Crippen molar-refractivity contribution in [2.24, 2.45) is 11.1 Å². The fraction of sp³-hybridized carbons (Fsp3) is 0.611. The number of rotatable bonds is 4. The van der Waals surface area contributed by atoms with Gasteiger partial charge in [0.1, 0.15) is 5.75 Å². The molecule has 5 heteroatoms. The highest BCUT2D eigenvalue weighted by Crippen LogP contribution is 2.37. The van der Waals surface area contributed by atoms with Crippen molar-refractivity contribution >= 4 is 5.91 Å². The first kappa shape index (κ1) is 16.3. The monoisotopic (exact) mass is 318 g/mol. The number of carbonyl (C=O) groups is 1. The Kier molecular flexibility index (Phi) is 4.87. The van der Waals surface area contributed by atoms with Crippen LogP contribution in [0.3, 0.4) is 0 Å². The zero-order chi connectivity index (χ0) is 16.3. The van der Waals surface area contributed by atoms with Crippen molar-refractivity contribution in [3.05, 3.63) is 29.3 Å². The molecular weight excluding hydrogens is 292 g/mol. The van der Waals surface area contributed by atoms with Crippen LogP contribution in [-0.2, 0) is 16.0 Å². The molecule has 1 unspecified atom stereocenters. The van der Waals surface area contributed by atoms with E-state index in [0.29, 0.717) is 39.2 Å². The smallest absolute Gasteiger partial charge is 0.228 e. The van der Waals surface area contributed by atoms with Crippen LogP contribution < -0.4 is 15.8 Å². The van der Waals surface area contributed by atoms with Gasteiger partial charge in [-0.2, -0.15) is 0 Å². The van der Waals surface area contributed by atoms with E-state index in [1.54, 1.807) is 0 Å². The molecule has 0 radical (unpaired) electrons. The number of carbonyl (C=O) groups excluding carboxylic acids is 1. The molecule has 0 bridgehead atoms. The second-order valence-corrected chi connectivity index (χ2v) is 6.45. The van der Waals surface area contributed by atoms with E-state index >= 15 is 0 Å². The number of fused-ring (bicyclic) bond motifs is 1. The highest BCUT2D eigenvalue weighted by atomic mass is 16.5. The van der Waals surface area contributed by atoms with Crippen molar-refractivity contribution in [2.45, 2.75) is 38.6 Å². The summed E-state index contributed by atoms with van der Waals surface area (Å²) < 4.78 is 11.3. The Morgan fingerprint density at radius 1 is 1.35 bits per heavy atom. The van der Waals surface area contributed by atoms with Crippen LogP contribution in [0.15, 0.2) is 18.2 Å². The van der Waals surface area contributed by atoms with E-state index < -0.39 is 5.41 Å². The second-order valence-electron chi connectivity index (χ2n) is 6.45. The maximum absolute atomic E-state index is 12.9. The average molecular weight is 318 g/mol. The molecule has 2 heterocycles. The summed E-state index contributed by atoms with van der Waals surface area (Å²) in [5, 5.41) is 3.23. The summed E-state index contributed by atoms with van der Waals surface area (Å²) in [6, 6.07) is 6.18. The predicted octanol–water partition coefficient (Wildman–Crippen LogP) is 1.94. The van der Waals surface area contributed by atoms with Crippen LogP contribution in [0.1, 0.15) is 43.4 Å². The molecule has 0 spiro atoms. The van der Waals surface area contributed by atoms with Gasteiger partial charge in [0.25, 0.3) is 0 Å². The summed E-state index contributed by atoms with van der Waals surface area (Å²) in [6.07, 6.45) is 3.11. The Morgan fingerprint density at radius 3 is 2.83 bits per heavy atom. The van der Waals surface area contributed by atoms with Crippen LogP contribution in [-0.4, -0.2) is 32.3 Å². The van der Waals surface area contributed by atoms with Crippen LogP contribution in [0.25, 0.3) is 0 Å². The Bertz CT molecular complexity index is 567. The normalized spacial score (nSPS) is 22.8. The molecule has 0 aliphatic carbocycles. The van der Waals surface area contributed by atoms with Gasteiger partial charge in [0.05, 0.1) is 18.1 Å². The number of para-hydroxylation sites is 1. The van der Waals surface area contributed by atoms with Gasteiger partial charge in [0.15, 0.2) is 0 Å². The molecule has 3 N–H and O–H groups in total. The van der Waals surface area contributed by atoms with Crippen molar-refractivity contribution in [3.63, 3.8) is 0 Å². The Labute approximate surface area is 137 Å². The van der Waals surface area contributed by atoms with Crippen LogP contribution in [0.5, 0.6) is 5.75 Å². The fourth-order valence-corrected chi connectivity index (χ4v) is 3.52. The van der Waals surface area contributed by atoms with Crippen LogP contribution in [0, 0.1) is 5.41 Å². The minimum Gasteiger partial charge on any atom is -0.493 e. The van der Waals surface area contributed by atoms with E-state index in [9.17, 15) is 4.79 Å². The molecule has 0 saturated carbocycles. The standard InChI is InChI=1S/C18H26N2O3/c1-2-13-4-3-5-14-15(6-9-23-16(13)14)20-17(21)18(12-19)7-10-22-11-8-18/h3-5,15H,2,6-12,19H2,1H3,(H,20,21). The lowest BCUT2D eigenvalue weighted by molar-refractivity contribution is -0.136. The molecule has 1 saturated heterocycles. The summed E-state index contributed by atoms with van der Waals surface area (Å²) in [6.45, 7) is 4.33. The minimum atomic E-state index is -0.487. The van der Waals surface area contributed by atoms with Gasteiger partial charge in [-0.3, -0.25) is 4.79 Å². The number of hydrogen-bond acceptors (Lipinski definition) is 4. The molecule has 3 rings (SSSR count). The summed E-state index contributed by atoms with van der Waals surface area (Å²) >= 11 is 0. The summed E-state index contributed by atoms with van der Waals surface area (Å²) in [7, 11) is 0. The molecule has 1 atom stereocenters. The van der Waals surface area contributed by atoms with Crippen molar-refractivity contribution in [1.82, 2.24) is 5.32 Å². The Balaban J connectivity index is 1.80. The molecule has 1 aromatic rings. The lowest BCUT2D eigenvalue weighted by Crippen LogP contribution is -2.50. The summed E-state index contributed by atoms with van der Waals surface area (Å²) in [5.41, 5.74) is 7.74. The van der Waals surface area contributed by atoms with Crippen molar-refractivity contribution in [2.75, 3.05) is 26.4 Å². The molecule has 5 nitrogen and oxygen atoms in total. The van der Waals surface area contributed by atoms with Crippen LogP contribution in [0.2, 0.25) is 0 Å². The molecule has 23 heavy (non-hydrogen) atoms. The minimum absolute atomic E-state index is 0.00372. The van der Waals surface area contributed by atoms with Crippen LogP contribution >= 0.6 is 0 Å². The van der Waals surface area contributed by atoms with Gasteiger partial charge < -0.3 is 20.5 Å². The maximum atomic E-state index is 12.9. The van der Waals surface area contributed by atoms with Crippen LogP contribution in [0.4, 0.5) is 0 Å². The molecule has 1 amide bonds. The predicted molar refractivity (Wildman–Crippen MR) is 88.4 cm³/mol. The maximum Gasteiger partial charge on any atom is 0.228 e. The number of amides is 1. The number of ether oxygens (including phenoxy) is 2. The second kappa shape index (κ2) is 6.89. The number of benzene rings is 1. The number of aryl methyl sites for hydroxylation is 1. The van der Waals surface area contributed by atoms with Gasteiger partial charge in [-0.05, 0) is 24.8 Å². The van der Waals surface area contributed by atoms with Gasteiger partial charge in [-0.15, -0.1) is 0 Å². The zero-order valence-corrected chi connectivity index (χ0v) is 13.8. The Hall–Kier alpha value is -1.59. The molecule has 2 aliphatic rings. The topological polar surface area (TPSA) is 73.6 Å². The van der Waals surface area contributed by atoms with Gasteiger partial charge >= 0.3 is 0 Å². The lowest BCUT2D eigenvalue weighted by Gasteiger charge is -2.37. The Morgan fingerprint density at radius 2 is 2.13 bits per heavy atom. The third-order valence-electron chi connectivity index (χ3n) is 5.16. The first-order valence-corrected chi connectivity index (χ1v) is 8.53. The van der Waals surface area contributed by atoms with Crippen molar-refractivity contribution in [1.29, 1.82) is 0 Å². The van der Waals surface area contributed by atoms with Gasteiger partial charge in [0.2, 0.25) is 5.91 Å². The van der Waals surface area contributed by atoms with Gasteiger partial charge in [0, 0.05) is 31.7 Å². The molecule has 2 aliphatic heterocycles. The quantitative estimate of drug-likeness (QED) is 0.890. The SMILES string of the molecule is CCc1cccc2c1OCCC2NC(=O)C1(CN)CCOCC1. The number of hydrogen-bond donors (Lipinski definition) is 2. The molecule has 1 aromatic carbocycles. The number of nitrogens with two attached hydrogens (primary N) is 1. The highest BCUT2D eigenvalue weighted by Gasteiger charge is 2.40. The van der Waals surface area contributed by atoms with Crippen molar-refractivity contribution in [3.8, 4) is 5.75 Å². The van der Waals surface area contributed by atoms with Gasteiger partial charge in [-0.1, -0.05) is 25.1 Å². The number of nitrogens with one attached hydrogen (secondary N) is 1. The summed E-state index contributed by atoms with van der Waals surface area (Å²) in [5.74, 6) is 1.00. The first-order chi connectivity index (χ1) is 11.2. The van der Waals surface area contributed by atoms with E-state index in [0.717, 1.165) is 24.2 Å². The highest BCUT2D eigenvalue weighted by molar-refractivity contribution is 5.83. The fourth-order valence-electron chi connectivity index (χ4n) is 3.52. The van der Waals surface area contributed by atoms with Crippen molar-refractivity contribution < 1.29 is 14.3 Å². The van der Waals surface area contributed by atoms with E-state index in [4.69, 9.17) is 15.2 Å². The van der Waals surface area contributed by atoms with E-state index in [-0.39, 0.29) is 11.9 Å². The molecular formula is C18H26N2O3. The van der Waals surface area contributed by atoms with E-state index in [1.807, 2.05) is 6.07 Å². The van der Waals surface area contributed by atoms with E-state index in [2.05, 4.69) is 24.4 Å².